The van der Waals surface area contributed by atoms with E-state index in [1.807, 2.05) is 18.2 Å². The highest BCUT2D eigenvalue weighted by Crippen LogP contribution is 2.38. The molecule has 0 bridgehead atoms. The monoisotopic (exact) mass is 322 g/mol. The van der Waals surface area contributed by atoms with E-state index in [0.29, 0.717) is 12.3 Å². The molecule has 1 saturated carbocycles. The maximum absolute atomic E-state index is 12.2. The fourth-order valence-electron chi connectivity index (χ4n) is 3.24. The summed E-state index contributed by atoms with van der Waals surface area (Å²) in [7, 11) is 0. The molecule has 2 nitrogen and oxygen atoms in total. The van der Waals surface area contributed by atoms with Crippen LogP contribution in [0.15, 0.2) is 22.7 Å². The smallest absolute Gasteiger partial charge is 0.170 e. The number of Topliss-reactive ketones (excluding diaryl/α,β-unsaturated/α-hetero) is 1. The molecule has 1 aromatic carbocycles. The quantitative estimate of drug-likeness (QED) is 0.754. The molecule has 1 fully saturated rings. The molecule has 0 N–H and O–H groups in total. The van der Waals surface area contributed by atoms with Crippen molar-refractivity contribution in [2.45, 2.75) is 45.1 Å². The second-order valence-electron chi connectivity index (χ2n) is 5.94. The third-order valence-electron chi connectivity index (χ3n) is 4.50. The first kappa shape index (κ1) is 13.2. The lowest BCUT2D eigenvalue weighted by Crippen LogP contribution is -2.35. The van der Waals surface area contributed by atoms with E-state index in [1.54, 1.807) is 0 Å². The van der Waals surface area contributed by atoms with E-state index in [4.69, 9.17) is 4.74 Å². The van der Waals surface area contributed by atoms with Gasteiger partial charge >= 0.3 is 0 Å². The lowest BCUT2D eigenvalue weighted by atomic mass is 9.78. The molecule has 1 aliphatic heterocycles. The third-order valence-corrected chi connectivity index (χ3v) is 4.99. The van der Waals surface area contributed by atoms with E-state index in [9.17, 15) is 4.79 Å². The van der Waals surface area contributed by atoms with Crippen molar-refractivity contribution in [3.63, 3.8) is 0 Å². The highest BCUT2D eigenvalue weighted by molar-refractivity contribution is 9.10. The number of rotatable bonds is 1. The molecule has 3 heteroatoms. The Labute approximate surface area is 122 Å². The largest absolute Gasteiger partial charge is 0.489 e. The van der Waals surface area contributed by atoms with E-state index >= 15 is 0 Å². The molecule has 1 aliphatic carbocycles. The van der Waals surface area contributed by atoms with Gasteiger partial charge in [-0.3, -0.25) is 4.79 Å². The van der Waals surface area contributed by atoms with Crippen molar-refractivity contribution >= 4 is 21.7 Å². The maximum atomic E-state index is 12.2. The van der Waals surface area contributed by atoms with Gasteiger partial charge in [-0.25, -0.2) is 0 Å². The van der Waals surface area contributed by atoms with Gasteiger partial charge in [0.15, 0.2) is 5.78 Å². The molecule has 0 spiro atoms. The number of ether oxygens (including phenoxy) is 1. The van der Waals surface area contributed by atoms with Crippen LogP contribution in [0.5, 0.6) is 5.75 Å². The molecule has 3 rings (SSSR count). The summed E-state index contributed by atoms with van der Waals surface area (Å²) in [6, 6.07) is 5.69. The second-order valence-corrected chi connectivity index (χ2v) is 6.86. The lowest BCUT2D eigenvalue weighted by molar-refractivity contribution is 0.0618. The lowest BCUT2D eigenvalue weighted by Gasteiger charge is -2.35. The zero-order chi connectivity index (χ0) is 13.4. The first-order valence-corrected chi connectivity index (χ1v) is 7.92. The number of carbonyl (C=O) groups is 1. The van der Waals surface area contributed by atoms with Crippen LogP contribution in [0.3, 0.4) is 0 Å². The summed E-state index contributed by atoms with van der Waals surface area (Å²) in [4.78, 5) is 12.2. The second kappa shape index (κ2) is 5.28. The fourth-order valence-corrected chi connectivity index (χ4v) is 3.58. The van der Waals surface area contributed by atoms with Crippen LogP contribution in [0, 0.1) is 11.8 Å². The van der Waals surface area contributed by atoms with Crippen LogP contribution in [-0.4, -0.2) is 11.9 Å². The first-order chi connectivity index (χ1) is 9.13. The van der Waals surface area contributed by atoms with Crippen molar-refractivity contribution in [2.24, 2.45) is 11.8 Å². The van der Waals surface area contributed by atoms with Gasteiger partial charge in [-0.1, -0.05) is 35.7 Å². The van der Waals surface area contributed by atoms with Crippen molar-refractivity contribution in [1.29, 1.82) is 0 Å². The minimum absolute atomic E-state index is 0.0850. The van der Waals surface area contributed by atoms with Crippen LogP contribution >= 0.6 is 15.9 Å². The van der Waals surface area contributed by atoms with Crippen molar-refractivity contribution < 1.29 is 9.53 Å². The van der Waals surface area contributed by atoms with E-state index in [2.05, 4.69) is 22.9 Å². The van der Waals surface area contributed by atoms with Crippen LogP contribution < -0.4 is 4.74 Å². The molecule has 0 aromatic heterocycles. The summed E-state index contributed by atoms with van der Waals surface area (Å²) in [5.41, 5.74) is 0.739. The average molecular weight is 323 g/mol. The van der Waals surface area contributed by atoms with Gasteiger partial charge in [0, 0.05) is 10.9 Å². The molecule has 102 valence electrons. The standard InChI is InChI=1S/C16H19BrO2/c1-10-2-4-11(5-3-10)15-9-14(18)13-7-6-12(17)8-16(13)19-15/h6-8,10-11,15H,2-5,9H2,1H3. The SMILES string of the molecule is CC1CCC(C2CC(=O)c3ccc(Br)cc3O2)CC1. The van der Waals surface area contributed by atoms with Gasteiger partial charge < -0.3 is 4.74 Å². The third kappa shape index (κ3) is 2.71. The summed E-state index contributed by atoms with van der Waals surface area (Å²) in [6.07, 6.45) is 5.56. The summed E-state index contributed by atoms with van der Waals surface area (Å²) in [6.45, 7) is 2.31. The van der Waals surface area contributed by atoms with E-state index < -0.39 is 0 Å². The fraction of sp³-hybridized carbons (Fsp3) is 0.562. The number of ketones is 1. The van der Waals surface area contributed by atoms with Crippen LogP contribution in [0.4, 0.5) is 0 Å². The Balaban J connectivity index is 1.78. The summed E-state index contributed by atoms with van der Waals surface area (Å²) in [5, 5.41) is 0. The van der Waals surface area contributed by atoms with Gasteiger partial charge in [-0.2, -0.15) is 0 Å². The van der Waals surface area contributed by atoms with Crippen molar-refractivity contribution in [2.75, 3.05) is 0 Å². The van der Waals surface area contributed by atoms with Crippen LogP contribution in [-0.2, 0) is 0 Å². The van der Waals surface area contributed by atoms with Gasteiger partial charge in [0.2, 0.25) is 0 Å². The zero-order valence-electron chi connectivity index (χ0n) is 11.2. The summed E-state index contributed by atoms with van der Waals surface area (Å²) >= 11 is 3.44. The number of halogens is 1. The highest BCUT2D eigenvalue weighted by Gasteiger charge is 2.34. The molecular formula is C16H19BrO2. The molecule has 0 radical (unpaired) electrons. The molecular weight excluding hydrogens is 304 g/mol. The number of benzene rings is 1. The minimum atomic E-state index is 0.0850. The Kier molecular flexibility index (Phi) is 3.66. The van der Waals surface area contributed by atoms with Crippen LogP contribution in [0.25, 0.3) is 0 Å². The van der Waals surface area contributed by atoms with E-state index in [-0.39, 0.29) is 11.9 Å². The van der Waals surface area contributed by atoms with Crippen LogP contribution in [0.2, 0.25) is 0 Å². The predicted octanol–water partition coefficient (Wildman–Crippen LogP) is 4.61. The molecule has 1 atom stereocenters. The number of fused-ring (bicyclic) bond motifs is 1. The predicted molar refractivity (Wildman–Crippen MR) is 78.6 cm³/mol. The average Bonchev–Trinajstić information content (AvgIpc) is 2.38. The Bertz CT molecular complexity index is 490. The molecule has 1 aromatic rings. The zero-order valence-corrected chi connectivity index (χ0v) is 12.8. The number of hydrogen-bond acceptors (Lipinski definition) is 2. The van der Waals surface area contributed by atoms with Gasteiger partial charge in [0.1, 0.15) is 11.9 Å². The molecule has 2 aliphatic rings. The van der Waals surface area contributed by atoms with Gasteiger partial charge in [0.05, 0.1) is 5.56 Å². The Hall–Kier alpha value is -0.830. The molecule has 1 heterocycles. The van der Waals surface area contributed by atoms with Crippen molar-refractivity contribution in [3.05, 3.63) is 28.2 Å². The van der Waals surface area contributed by atoms with E-state index in [1.165, 1.54) is 25.7 Å². The first-order valence-electron chi connectivity index (χ1n) is 7.13. The topological polar surface area (TPSA) is 26.3 Å². The van der Waals surface area contributed by atoms with Crippen molar-refractivity contribution in [3.8, 4) is 5.75 Å². The number of hydrogen-bond donors (Lipinski definition) is 0. The molecule has 0 saturated heterocycles. The van der Waals surface area contributed by atoms with Crippen LogP contribution in [0.1, 0.15) is 49.4 Å². The van der Waals surface area contributed by atoms with E-state index in [0.717, 1.165) is 21.7 Å². The Morgan fingerprint density at radius 2 is 1.95 bits per heavy atom. The highest BCUT2D eigenvalue weighted by atomic mass is 79.9. The molecule has 0 amide bonds. The minimum Gasteiger partial charge on any atom is -0.489 e. The maximum Gasteiger partial charge on any atom is 0.170 e. The van der Waals surface area contributed by atoms with Gasteiger partial charge in [-0.05, 0) is 42.9 Å². The Morgan fingerprint density at radius 1 is 1.21 bits per heavy atom. The number of carbonyl (C=O) groups excluding carboxylic acids is 1. The van der Waals surface area contributed by atoms with Gasteiger partial charge in [0.25, 0.3) is 0 Å². The molecule has 19 heavy (non-hydrogen) atoms. The van der Waals surface area contributed by atoms with Crippen molar-refractivity contribution in [1.82, 2.24) is 0 Å². The summed E-state index contributed by atoms with van der Waals surface area (Å²) in [5.74, 6) is 2.37. The normalized spacial score (nSPS) is 30.6. The molecule has 1 unspecified atom stereocenters. The Morgan fingerprint density at radius 3 is 2.68 bits per heavy atom. The summed E-state index contributed by atoms with van der Waals surface area (Å²) < 4.78 is 7.08. The van der Waals surface area contributed by atoms with Gasteiger partial charge in [-0.15, -0.1) is 0 Å².